The number of thiazole rings is 1. The van der Waals surface area contributed by atoms with E-state index in [4.69, 9.17) is 9.72 Å². The summed E-state index contributed by atoms with van der Waals surface area (Å²) < 4.78 is 6.48. The lowest BCUT2D eigenvalue weighted by Crippen LogP contribution is -1.83. The molecule has 0 radical (unpaired) electrons. The summed E-state index contributed by atoms with van der Waals surface area (Å²) >= 11 is 1.63. The van der Waals surface area contributed by atoms with E-state index in [-0.39, 0.29) is 5.75 Å². The highest BCUT2D eigenvalue weighted by Crippen LogP contribution is 2.35. The molecule has 0 spiro atoms. The van der Waals surface area contributed by atoms with Gasteiger partial charge in [0, 0.05) is 5.56 Å². The second kappa shape index (κ2) is 7.17. The monoisotopic (exact) mass is 375 g/mol. The van der Waals surface area contributed by atoms with E-state index in [2.05, 4.69) is 10.2 Å². The lowest BCUT2D eigenvalue weighted by Gasteiger charge is -2.00. The molecule has 0 fully saturated rings. The van der Waals surface area contributed by atoms with E-state index in [9.17, 15) is 5.11 Å². The molecule has 0 aliphatic heterocycles. The molecule has 0 saturated heterocycles. The van der Waals surface area contributed by atoms with Crippen LogP contribution < -0.4 is 4.74 Å². The Bertz CT molecular complexity index is 1130. The van der Waals surface area contributed by atoms with E-state index in [0.29, 0.717) is 0 Å². The smallest absolute Gasteiger partial charge is 0.145 e. The number of benzene rings is 3. The fourth-order valence-corrected chi connectivity index (χ4v) is 3.73. The molecule has 4 aromatic rings. The topological polar surface area (TPSA) is 67.1 Å². The summed E-state index contributed by atoms with van der Waals surface area (Å²) in [5, 5.41) is 18.9. The molecule has 0 atom stereocenters. The summed E-state index contributed by atoms with van der Waals surface area (Å²) in [5.41, 5.74) is 4.27. The number of hydrogen-bond acceptors (Lipinski definition) is 6. The first-order chi connectivity index (χ1) is 13.1. The molecule has 6 heteroatoms. The van der Waals surface area contributed by atoms with Crippen LogP contribution in [0.4, 0.5) is 11.4 Å². The molecule has 0 aliphatic carbocycles. The predicted molar refractivity (Wildman–Crippen MR) is 109 cm³/mol. The maximum absolute atomic E-state index is 9.46. The maximum atomic E-state index is 9.46. The molecule has 1 aromatic heterocycles. The van der Waals surface area contributed by atoms with E-state index in [0.717, 1.165) is 43.5 Å². The van der Waals surface area contributed by atoms with Crippen LogP contribution in [0, 0.1) is 6.92 Å². The van der Waals surface area contributed by atoms with Crippen LogP contribution in [0.25, 0.3) is 20.8 Å². The molecule has 27 heavy (non-hydrogen) atoms. The van der Waals surface area contributed by atoms with Crippen LogP contribution in [0.1, 0.15) is 5.56 Å². The molecule has 4 rings (SSSR count). The van der Waals surface area contributed by atoms with Gasteiger partial charge in [0.25, 0.3) is 0 Å². The quantitative estimate of drug-likeness (QED) is 0.420. The van der Waals surface area contributed by atoms with E-state index >= 15 is 0 Å². The van der Waals surface area contributed by atoms with Crippen LogP contribution in [0.5, 0.6) is 11.5 Å². The predicted octanol–water partition coefficient (Wildman–Crippen LogP) is 6.40. The van der Waals surface area contributed by atoms with Crippen LogP contribution in [-0.2, 0) is 0 Å². The zero-order valence-corrected chi connectivity index (χ0v) is 15.7. The summed E-state index contributed by atoms with van der Waals surface area (Å²) in [6.07, 6.45) is 0. The highest BCUT2D eigenvalue weighted by atomic mass is 32.1. The maximum Gasteiger partial charge on any atom is 0.145 e. The number of fused-ring (bicyclic) bond motifs is 1. The number of aryl methyl sites for hydroxylation is 1. The van der Waals surface area contributed by atoms with Crippen molar-refractivity contribution in [3.8, 4) is 22.1 Å². The minimum absolute atomic E-state index is 0.225. The number of hydrogen-bond donors (Lipinski definition) is 1. The zero-order valence-electron chi connectivity index (χ0n) is 14.9. The van der Waals surface area contributed by atoms with Crippen LogP contribution in [0.3, 0.4) is 0 Å². The van der Waals surface area contributed by atoms with Gasteiger partial charge in [-0.3, -0.25) is 0 Å². The van der Waals surface area contributed by atoms with Crippen molar-refractivity contribution in [2.24, 2.45) is 10.2 Å². The van der Waals surface area contributed by atoms with Gasteiger partial charge in [0.1, 0.15) is 22.0 Å². The number of nitrogens with zero attached hydrogens (tertiary/aromatic N) is 3. The van der Waals surface area contributed by atoms with Crippen molar-refractivity contribution in [1.82, 2.24) is 4.98 Å². The molecule has 0 unspecified atom stereocenters. The number of rotatable bonds is 4. The normalized spacial score (nSPS) is 11.3. The number of azo groups is 1. The summed E-state index contributed by atoms with van der Waals surface area (Å²) in [6, 6.07) is 18.8. The summed E-state index contributed by atoms with van der Waals surface area (Å²) in [6.45, 7) is 1.89. The highest BCUT2D eigenvalue weighted by molar-refractivity contribution is 7.21. The van der Waals surface area contributed by atoms with Crippen molar-refractivity contribution in [3.05, 3.63) is 66.2 Å². The number of aromatic nitrogens is 1. The largest absolute Gasteiger partial charge is 0.508 e. The fourth-order valence-electron chi connectivity index (χ4n) is 2.75. The molecule has 5 nitrogen and oxygen atoms in total. The molecular weight excluding hydrogens is 358 g/mol. The number of aromatic hydroxyl groups is 1. The molecule has 0 amide bonds. The molecule has 134 valence electrons. The highest BCUT2D eigenvalue weighted by Gasteiger charge is 2.10. The first kappa shape index (κ1) is 17.2. The fraction of sp³-hybridized carbons (Fsp3) is 0.0952. The van der Waals surface area contributed by atoms with Crippen LogP contribution >= 0.6 is 11.3 Å². The summed E-state index contributed by atoms with van der Waals surface area (Å²) in [7, 11) is 1.66. The Morgan fingerprint density at radius 3 is 2.56 bits per heavy atom. The number of phenols is 1. The van der Waals surface area contributed by atoms with E-state index in [1.165, 1.54) is 0 Å². The first-order valence-electron chi connectivity index (χ1n) is 8.39. The van der Waals surface area contributed by atoms with Gasteiger partial charge in [-0.15, -0.1) is 11.3 Å². The van der Waals surface area contributed by atoms with Gasteiger partial charge in [-0.1, -0.05) is 6.07 Å². The molecule has 1 N–H and O–H groups in total. The van der Waals surface area contributed by atoms with Gasteiger partial charge >= 0.3 is 0 Å². The average Bonchev–Trinajstić information content (AvgIpc) is 3.12. The van der Waals surface area contributed by atoms with Crippen molar-refractivity contribution in [1.29, 1.82) is 0 Å². The van der Waals surface area contributed by atoms with Crippen LogP contribution in [0.15, 0.2) is 70.9 Å². The Hall–Kier alpha value is -3.25. The van der Waals surface area contributed by atoms with E-state index in [1.807, 2.05) is 49.4 Å². The van der Waals surface area contributed by atoms with Crippen molar-refractivity contribution in [3.63, 3.8) is 0 Å². The second-order valence-electron chi connectivity index (χ2n) is 6.04. The third-order valence-electron chi connectivity index (χ3n) is 4.17. The van der Waals surface area contributed by atoms with Gasteiger partial charge in [0.2, 0.25) is 0 Å². The molecule has 0 aliphatic rings. The third kappa shape index (κ3) is 3.52. The zero-order chi connectivity index (χ0) is 18.8. The lowest BCUT2D eigenvalue weighted by molar-refractivity contribution is 0.419. The summed E-state index contributed by atoms with van der Waals surface area (Å²) in [5.74, 6) is 1.01. The van der Waals surface area contributed by atoms with Gasteiger partial charge in [0.15, 0.2) is 0 Å². The van der Waals surface area contributed by atoms with E-state index < -0.39 is 0 Å². The molecule has 1 heterocycles. The van der Waals surface area contributed by atoms with Crippen LogP contribution in [0.2, 0.25) is 0 Å². The van der Waals surface area contributed by atoms with E-state index in [1.54, 1.807) is 36.6 Å². The van der Waals surface area contributed by atoms with Crippen molar-refractivity contribution in [2.45, 2.75) is 6.92 Å². The number of ether oxygens (including phenoxy) is 1. The van der Waals surface area contributed by atoms with Crippen molar-refractivity contribution in [2.75, 3.05) is 7.11 Å². The number of methoxy groups -OCH3 is 1. The lowest BCUT2D eigenvalue weighted by atomic mass is 10.2. The Balaban J connectivity index is 1.60. The number of phenolic OH excluding ortho intramolecular Hbond substituents is 1. The Morgan fingerprint density at radius 2 is 1.81 bits per heavy atom. The Kier molecular flexibility index (Phi) is 4.56. The standard InChI is InChI=1S/C21H17N3O2S/c1-13-12-16(25)10-11-17(13)24-23-15-8-6-14(7-9-15)21-22-20-18(26-2)4-3-5-19(20)27-21/h3-12,25H,1-2H3. The SMILES string of the molecule is COc1cccc2sc(-c3ccc(N=Nc4ccc(O)cc4C)cc3)nc12. The third-order valence-corrected chi connectivity index (χ3v) is 5.24. The Labute approximate surface area is 160 Å². The van der Waals surface area contributed by atoms with Gasteiger partial charge in [-0.05, 0) is 67.1 Å². The average molecular weight is 375 g/mol. The first-order valence-corrected chi connectivity index (χ1v) is 9.21. The van der Waals surface area contributed by atoms with Crippen molar-refractivity contribution < 1.29 is 9.84 Å². The minimum Gasteiger partial charge on any atom is -0.508 e. The molecule has 0 bridgehead atoms. The molecular formula is C21H17N3O2S. The van der Waals surface area contributed by atoms with Crippen LogP contribution in [-0.4, -0.2) is 17.2 Å². The minimum atomic E-state index is 0.225. The van der Waals surface area contributed by atoms with Gasteiger partial charge in [0.05, 0.1) is 23.2 Å². The van der Waals surface area contributed by atoms with Gasteiger partial charge in [-0.25, -0.2) is 4.98 Å². The summed E-state index contributed by atoms with van der Waals surface area (Å²) in [4.78, 5) is 4.71. The number of para-hydroxylation sites is 1. The van der Waals surface area contributed by atoms with Gasteiger partial charge < -0.3 is 9.84 Å². The molecule has 0 saturated carbocycles. The van der Waals surface area contributed by atoms with Crippen molar-refractivity contribution >= 4 is 32.9 Å². The molecule has 3 aromatic carbocycles. The second-order valence-corrected chi connectivity index (χ2v) is 7.07. The van der Waals surface area contributed by atoms with Gasteiger partial charge in [-0.2, -0.15) is 10.2 Å². The Morgan fingerprint density at radius 1 is 1.00 bits per heavy atom.